The van der Waals surface area contributed by atoms with Crippen LogP contribution >= 0.6 is 0 Å². The SMILES string of the molecule is N#Cc1ccc(N2CCC3(CC2)OCCO3)cc1[N+](=O)[O-]. The highest BCUT2D eigenvalue weighted by Crippen LogP contribution is 2.34. The van der Waals surface area contributed by atoms with E-state index in [4.69, 9.17) is 14.7 Å². The van der Waals surface area contributed by atoms with E-state index in [1.807, 2.05) is 6.07 Å². The minimum atomic E-state index is -0.517. The Morgan fingerprint density at radius 1 is 1.29 bits per heavy atom. The summed E-state index contributed by atoms with van der Waals surface area (Å²) in [4.78, 5) is 12.6. The molecule has 2 heterocycles. The normalized spacial score (nSPS) is 20.4. The second kappa shape index (κ2) is 5.31. The number of nitro benzene ring substituents is 1. The lowest BCUT2D eigenvalue weighted by Gasteiger charge is -2.38. The summed E-state index contributed by atoms with van der Waals surface area (Å²) < 4.78 is 11.3. The van der Waals surface area contributed by atoms with E-state index < -0.39 is 10.7 Å². The van der Waals surface area contributed by atoms with Crippen molar-refractivity contribution in [3.8, 4) is 6.07 Å². The van der Waals surface area contributed by atoms with Crippen LogP contribution in [0.3, 0.4) is 0 Å². The van der Waals surface area contributed by atoms with Gasteiger partial charge in [0.05, 0.1) is 18.1 Å². The fourth-order valence-corrected chi connectivity index (χ4v) is 2.85. The molecule has 21 heavy (non-hydrogen) atoms. The molecule has 0 bridgehead atoms. The molecule has 2 aliphatic heterocycles. The smallest absolute Gasteiger partial charge is 0.289 e. The van der Waals surface area contributed by atoms with Gasteiger partial charge in [0.15, 0.2) is 5.79 Å². The topological polar surface area (TPSA) is 88.6 Å². The third kappa shape index (κ3) is 2.55. The van der Waals surface area contributed by atoms with Crippen molar-refractivity contribution in [1.82, 2.24) is 0 Å². The van der Waals surface area contributed by atoms with Gasteiger partial charge in [-0.2, -0.15) is 5.26 Å². The van der Waals surface area contributed by atoms with Crippen molar-refractivity contribution in [2.75, 3.05) is 31.2 Å². The first-order valence-electron chi connectivity index (χ1n) is 6.85. The maximum absolute atomic E-state index is 11.0. The largest absolute Gasteiger partial charge is 0.371 e. The Kier molecular flexibility index (Phi) is 3.49. The van der Waals surface area contributed by atoms with E-state index in [0.29, 0.717) is 26.3 Å². The van der Waals surface area contributed by atoms with Gasteiger partial charge < -0.3 is 14.4 Å². The number of piperidine rings is 1. The molecule has 0 atom stereocenters. The van der Waals surface area contributed by atoms with E-state index in [1.165, 1.54) is 12.1 Å². The van der Waals surface area contributed by atoms with Gasteiger partial charge in [-0.15, -0.1) is 0 Å². The predicted octanol–water partition coefficient (Wildman–Crippen LogP) is 1.81. The van der Waals surface area contributed by atoms with Crippen LogP contribution in [0.25, 0.3) is 0 Å². The number of hydrogen-bond acceptors (Lipinski definition) is 6. The van der Waals surface area contributed by atoms with Gasteiger partial charge in [0.1, 0.15) is 11.6 Å². The number of benzene rings is 1. The van der Waals surface area contributed by atoms with Crippen LogP contribution in [0.5, 0.6) is 0 Å². The average molecular weight is 289 g/mol. The zero-order valence-corrected chi connectivity index (χ0v) is 11.4. The molecule has 1 aromatic rings. The molecule has 2 aliphatic rings. The summed E-state index contributed by atoms with van der Waals surface area (Å²) in [5.74, 6) is -0.463. The molecule has 0 amide bonds. The third-order valence-corrected chi connectivity index (χ3v) is 4.00. The van der Waals surface area contributed by atoms with Crippen LogP contribution in [0.2, 0.25) is 0 Å². The Labute approximate surface area is 121 Å². The van der Waals surface area contributed by atoms with Crippen LogP contribution in [0, 0.1) is 21.4 Å². The molecule has 3 rings (SSSR count). The number of anilines is 1. The first-order valence-corrected chi connectivity index (χ1v) is 6.85. The van der Waals surface area contributed by atoms with Crippen LogP contribution < -0.4 is 4.90 Å². The van der Waals surface area contributed by atoms with Gasteiger partial charge in [-0.05, 0) is 12.1 Å². The lowest BCUT2D eigenvalue weighted by molar-refractivity contribution is -0.385. The Hall–Kier alpha value is -2.17. The minimum Gasteiger partial charge on any atom is -0.371 e. The maximum atomic E-state index is 11.0. The van der Waals surface area contributed by atoms with Crippen molar-refractivity contribution in [2.24, 2.45) is 0 Å². The lowest BCUT2D eigenvalue weighted by Crippen LogP contribution is -2.45. The first kappa shape index (κ1) is 13.8. The molecular weight excluding hydrogens is 274 g/mol. The van der Waals surface area contributed by atoms with Crippen molar-refractivity contribution in [1.29, 1.82) is 5.26 Å². The van der Waals surface area contributed by atoms with Gasteiger partial charge in [-0.1, -0.05) is 0 Å². The molecule has 0 aliphatic carbocycles. The minimum absolute atomic E-state index is 0.0830. The monoisotopic (exact) mass is 289 g/mol. The molecule has 2 saturated heterocycles. The summed E-state index contributed by atoms with van der Waals surface area (Å²) in [6.45, 7) is 2.68. The standard InChI is InChI=1S/C14H15N3O4/c15-10-11-1-2-12(9-13(11)17(18)19)16-5-3-14(4-6-16)20-7-8-21-14/h1-2,9H,3-8H2. The van der Waals surface area contributed by atoms with Crippen LogP contribution in [0.15, 0.2) is 18.2 Å². The Bertz CT molecular complexity index is 595. The van der Waals surface area contributed by atoms with Crippen molar-refractivity contribution in [3.63, 3.8) is 0 Å². The van der Waals surface area contributed by atoms with Gasteiger partial charge in [0.2, 0.25) is 0 Å². The number of nitriles is 1. The number of rotatable bonds is 2. The fraction of sp³-hybridized carbons (Fsp3) is 0.500. The highest BCUT2D eigenvalue weighted by atomic mass is 16.7. The van der Waals surface area contributed by atoms with Gasteiger partial charge in [0, 0.05) is 37.7 Å². The predicted molar refractivity (Wildman–Crippen MR) is 73.9 cm³/mol. The van der Waals surface area contributed by atoms with E-state index in [-0.39, 0.29) is 11.3 Å². The lowest BCUT2D eigenvalue weighted by atomic mass is 10.0. The highest BCUT2D eigenvalue weighted by Gasteiger charge is 2.40. The quantitative estimate of drug-likeness (QED) is 0.609. The van der Waals surface area contributed by atoms with Crippen LogP contribution in [0.4, 0.5) is 11.4 Å². The summed E-state index contributed by atoms with van der Waals surface area (Å²) in [7, 11) is 0. The van der Waals surface area contributed by atoms with E-state index in [1.54, 1.807) is 6.07 Å². The van der Waals surface area contributed by atoms with Crippen molar-refractivity contribution >= 4 is 11.4 Å². The summed E-state index contributed by atoms with van der Waals surface area (Å²) in [5.41, 5.74) is 0.692. The van der Waals surface area contributed by atoms with Gasteiger partial charge in [0.25, 0.3) is 5.69 Å². The molecule has 0 aromatic heterocycles. The summed E-state index contributed by atoms with van der Waals surface area (Å²) >= 11 is 0. The number of nitro groups is 1. The van der Waals surface area contributed by atoms with Crippen LogP contribution in [0.1, 0.15) is 18.4 Å². The van der Waals surface area contributed by atoms with Crippen LogP contribution in [-0.2, 0) is 9.47 Å². The number of hydrogen-bond donors (Lipinski definition) is 0. The highest BCUT2D eigenvalue weighted by molar-refractivity contribution is 5.60. The number of nitrogens with zero attached hydrogens (tertiary/aromatic N) is 3. The molecule has 7 heteroatoms. The summed E-state index contributed by atoms with van der Waals surface area (Å²) in [6, 6.07) is 6.56. The molecule has 0 radical (unpaired) electrons. The third-order valence-electron chi connectivity index (χ3n) is 4.00. The maximum Gasteiger partial charge on any atom is 0.289 e. The van der Waals surface area contributed by atoms with E-state index in [9.17, 15) is 10.1 Å². The molecule has 2 fully saturated rings. The first-order chi connectivity index (χ1) is 10.1. The zero-order chi connectivity index (χ0) is 14.9. The second-order valence-corrected chi connectivity index (χ2v) is 5.17. The Morgan fingerprint density at radius 3 is 2.52 bits per heavy atom. The van der Waals surface area contributed by atoms with E-state index >= 15 is 0 Å². The number of ether oxygens (including phenoxy) is 2. The Morgan fingerprint density at radius 2 is 1.95 bits per heavy atom. The molecule has 1 aromatic carbocycles. The van der Waals surface area contributed by atoms with E-state index in [0.717, 1.165) is 18.5 Å². The molecule has 0 saturated carbocycles. The molecular formula is C14H15N3O4. The van der Waals surface area contributed by atoms with Crippen molar-refractivity contribution < 1.29 is 14.4 Å². The van der Waals surface area contributed by atoms with Crippen LogP contribution in [-0.4, -0.2) is 37.0 Å². The zero-order valence-electron chi connectivity index (χ0n) is 11.4. The Balaban J connectivity index is 1.78. The molecule has 7 nitrogen and oxygen atoms in total. The van der Waals surface area contributed by atoms with Gasteiger partial charge >= 0.3 is 0 Å². The van der Waals surface area contributed by atoms with E-state index in [2.05, 4.69) is 4.90 Å². The van der Waals surface area contributed by atoms with Crippen molar-refractivity contribution in [2.45, 2.75) is 18.6 Å². The second-order valence-electron chi connectivity index (χ2n) is 5.17. The average Bonchev–Trinajstić information content (AvgIpc) is 2.95. The molecule has 0 N–H and O–H groups in total. The summed E-state index contributed by atoms with van der Waals surface area (Å²) in [6.07, 6.45) is 1.47. The molecule has 110 valence electrons. The fourth-order valence-electron chi connectivity index (χ4n) is 2.85. The molecule has 0 unspecified atom stereocenters. The van der Waals surface area contributed by atoms with Gasteiger partial charge in [-0.3, -0.25) is 10.1 Å². The van der Waals surface area contributed by atoms with Gasteiger partial charge in [-0.25, -0.2) is 0 Å². The van der Waals surface area contributed by atoms with Crippen molar-refractivity contribution in [3.05, 3.63) is 33.9 Å². The summed E-state index contributed by atoms with van der Waals surface area (Å²) in [5, 5.41) is 19.9. The molecule has 1 spiro atoms.